The van der Waals surface area contributed by atoms with Gasteiger partial charge in [-0.2, -0.15) is 5.10 Å². The number of nitro benzene ring substituents is 1. The van der Waals surface area contributed by atoms with Gasteiger partial charge >= 0.3 is 0 Å². The molecule has 0 radical (unpaired) electrons. The van der Waals surface area contributed by atoms with Gasteiger partial charge in [0, 0.05) is 36.0 Å². The molecule has 1 aliphatic rings. The van der Waals surface area contributed by atoms with Gasteiger partial charge in [0.15, 0.2) is 0 Å². The van der Waals surface area contributed by atoms with Crippen molar-refractivity contribution in [2.24, 2.45) is 0 Å². The zero-order valence-corrected chi connectivity index (χ0v) is 18.7. The van der Waals surface area contributed by atoms with Crippen molar-refractivity contribution in [1.29, 1.82) is 0 Å². The van der Waals surface area contributed by atoms with Crippen LogP contribution in [-0.2, 0) is 11.2 Å². The third-order valence-electron chi connectivity index (χ3n) is 5.94. The van der Waals surface area contributed by atoms with Crippen LogP contribution in [0.25, 0.3) is 16.9 Å². The number of carbonyl (C=O) groups is 1. The summed E-state index contributed by atoms with van der Waals surface area (Å²) in [6.45, 7) is 3.98. The van der Waals surface area contributed by atoms with Crippen molar-refractivity contribution < 1.29 is 9.72 Å². The highest BCUT2D eigenvalue weighted by molar-refractivity contribution is 5.81. The molecule has 1 fully saturated rings. The number of para-hydroxylation sites is 1. The molecule has 1 amide bonds. The zero-order chi connectivity index (χ0) is 23.0. The first-order valence-electron chi connectivity index (χ1n) is 11.5. The van der Waals surface area contributed by atoms with E-state index in [1.54, 1.807) is 16.8 Å². The molecule has 8 nitrogen and oxygen atoms in total. The molecule has 0 unspecified atom stereocenters. The first-order valence-corrected chi connectivity index (χ1v) is 11.5. The van der Waals surface area contributed by atoms with Crippen LogP contribution in [0.3, 0.4) is 0 Å². The Kier molecular flexibility index (Phi) is 7.47. The lowest BCUT2D eigenvalue weighted by atomic mass is 10.1. The number of piperidine rings is 1. The molecule has 172 valence electrons. The van der Waals surface area contributed by atoms with E-state index in [0.29, 0.717) is 12.2 Å². The lowest BCUT2D eigenvalue weighted by molar-refractivity contribution is -0.384. The summed E-state index contributed by atoms with van der Waals surface area (Å²) in [6.07, 6.45) is 6.85. The van der Waals surface area contributed by atoms with Crippen LogP contribution in [0, 0.1) is 10.1 Å². The molecule has 1 saturated heterocycles. The van der Waals surface area contributed by atoms with Gasteiger partial charge in [-0.05, 0) is 63.2 Å². The third-order valence-corrected chi connectivity index (χ3v) is 5.94. The van der Waals surface area contributed by atoms with Gasteiger partial charge in [-0.1, -0.05) is 24.6 Å². The maximum atomic E-state index is 12.7. The Labute approximate surface area is 193 Å². The third kappa shape index (κ3) is 6.04. The van der Waals surface area contributed by atoms with Crippen molar-refractivity contribution in [3.8, 4) is 16.9 Å². The molecular formula is C25H29N5O3. The molecule has 3 aromatic rings. The molecule has 0 atom stereocenters. The first kappa shape index (κ1) is 22.7. The lowest BCUT2D eigenvalue weighted by Crippen LogP contribution is -2.33. The Balaban J connectivity index is 1.45. The second kappa shape index (κ2) is 10.9. The maximum Gasteiger partial charge on any atom is 0.269 e. The number of non-ortho nitro benzene ring substituents is 1. The van der Waals surface area contributed by atoms with Crippen molar-refractivity contribution in [1.82, 2.24) is 20.0 Å². The van der Waals surface area contributed by atoms with E-state index in [9.17, 15) is 14.9 Å². The maximum absolute atomic E-state index is 12.7. The summed E-state index contributed by atoms with van der Waals surface area (Å²) in [5, 5.41) is 18.7. The predicted molar refractivity (Wildman–Crippen MR) is 127 cm³/mol. The number of likely N-dealkylation sites (tertiary alicyclic amines) is 1. The van der Waals surface area contributed by atoms with Gasteiger partial charge in [0.05, 0.1) is 22.7 Å². The molecule has 1 N–H and O–H groups in total. The molecule has 0 aliphatic carbocycles. The number of carbonyl (C=O) groups excluding carboxylic acids is 1. The second-order valence-corrected chi connectivity index (χ2v) is 8.37. The minimum atomic E-state index is -0.426. The average molecular weight is 448 g/mol. The molecule has 1 aliphatic heterocycles. The Morgan fingerprint density at radius 3 is 2.45 bits per heavy atom. The summed E-state index contributed by atoms with van der Waals surface area (Å²) in [4.78, 5) is 25.7. The molecule has 0 bridgehead atoms. The lowest BCUT2D eigenvalue weighted by Gasteiger charge is -2.26. The van der Waals surface area contributed by atoms with Gasteiger partial charge < -0.3 is 10.2 Å². The molecule has 2 aromatic carbocycles. The van der Waals surface area contributed by atoms with E-state index in [1.165, 1.54) is 31.4 Å². The van der Waals surface area contributed by atoms with Crippen LogP contribution in [0.4, 0.5) is 5.69 Å². The smallest absolute Gasteiger partial charge is 0.269 e. The predicted octanol–water partition coefficient (Wildman–Crippen LogP) is 3.98. The quantitative estimate of drug-likeness (QED) is 0.304. The fourth-order valence-corrected chi connectivity index (χ4v) is 4.19. The van der Waals surface area contributed by atoms with Crippen molar-refractivity contribution in [3.63, 3.8) is 0 Å². The number of hydrogen-bond donors (Lipinski definition) is 1. The highest BCUT2D eigenvalue weighted by Crippen LogP contribution is 2.26. The minimum Gasteiger partial charge on any atom is -0.356 e. The highest BCUT2D eigenvalue weighted by Gasteiger charge is 2.17. The van der Waals surface area contributed by atoms with Crippen LogP contribution in [0.2, 0.25) is 0 Å². The van der Waals surface area contributed by atoms with Crippen LogP contribution in [-0.4, -0.2) is 51.7 Å². The fourth-order valence-electron chi connectivity index (χ4n) is 4.19. The summed E-state index contributed by atoms with van der Waals surface area (Å²) < 4.78 is 1.75. The monoisotopic (exact) mass is 447 g/mol. The zero-order valence-electron chi connectivity index (χ0n) is 18.7. The van der Waals surface area contributed by atoms with Crippen molar-refractivity contribution >= 4 is 11.6 Å². The Morgan fingerprint density at radius 1 is 1.03 bits per heavy atom. The largest absolute Gasteiger partial charge is 0.356 e. The summed E-state index contributed by atoms with van der Waals surface area (Å²) in [7, 11) is 0. The molecule has 1 aromatic heterocycles. The van der Waals surface area contributed by atoms with E-state index < -0.39 is 4.92 Å². The van der Waals surface area contributed by atoms with E-state index in [2.05, 4.69) is 10.2 Å². The first-order chi connectivity index (χ1) is 16.1. The van der Waals surface area contributed by atoms with Crippen molar-refractivity contribution in [2.45, 2.75) is 32.1 Å². The molecule has 0 saturated carbocycles. The number of hydrogen-bond acceptors (Lipinski definition) is 5. The minimum absolute atomic E-state index is 0.0224. The van der Waals surface area contributed by atoms with Crippen molar-refractivity contribution in [2.75, 3.05) is 26.2 Å². The van der Waals surface area contributed by atoms with Crippen molar-refractivity contribution in [3.05, 3.63) is 76.5 Å². The Morgan fingerprint density at radius 2 is 1.76 bits per heavy atom. The molecular weight excluding hydrogens is 418 g/mol. The Hall–Kier alpha value is -3.52. The number of nitrogens with zero attached hydrogens (tertiary/aromatic N) is 4. The van der Waals surface area contributed by atoms with Crippen LogP contribution in [0.1, 0.15) is 31.2 Å². The average Bonchev–Trinajstić information content (AvgIpc) is 3.27. The number of amides is 1. The van der Waals surface area contributed by atoms with Crippen LogP contribution >= 0.6 is 0 Å². The van der Waals surface area contributed by atoms with Gasteiger partial charge in [-0.25, -0.2) is 4.68 Å². The standard InChI is InChI=1S/C25H29N5O3/c31-24(26-14-7-17-28-15-5-2-6-16-28)18-21-19-29(22-8-3-1-4-9-22)27-25(21)20-10-12-23(13-11-20)30(32)33/h1,3-4,8-13,19H,2,5-7,14-18H2,(H,26,31). The normalized spacial score (nSPS) is 14.2. The highest BCUT2D eigenvalue weighted by atomic mass is 16.6. The van der Waals surface area contributed by atoms with E-state index in [4.69, 9.17) is 5.10 Å². The molecule has 4 rings (SSSR count). The van der Waals surface area contributed by atoms with Gasteiger partial charge in [-0.15, -0.1) is 0 Å². The number of nitro groups is 1. The molecule has 8 heteroatoms. The SMILES string of the molecule is O=C(Cc1cn(-c2ccccc2)nc1-c1ccc([N+](=O)[O-])cc1)NCCCN1CCCCC1. The second-order valence-electron chi connectivity index (χ2n) is 8.37. The number of nitrogens with one attached hydrogen (secondary N) is 1. The van der Waals surface area contributed by atoms with Gasteiger partial charge in [0.25, 0.3) is 5.69 Å². The number of rotatable bonds is 9. The van der Waals surface area contributed by atoms with Gasteiger partial charge in [-0.3, -0.25) is 14.9 Å². The fraction of sp³-hybridized carbons (Fsp3) is 0.360. The van der Waals surface area contributed by atoms with Crippen LogP contribution in [0.15, 0.2) is 60.8 Å². The van der Waals surface area contributed by atoms with E-state index >= 15 is 0 Å². The summed E-state index contributed by atoms with van der Waals surface area (Å²) in [5.74, 6) is -0.0515. The number of benzene rings is 2. The topological polar surface area (TPSA) is 93.3 Å². The van der Waals surface area contributed by atoms with E-state index in [1.807, 2.05) is 36.5 Å². The van der Waals surface area contributed by atoms with Gasteiger partial charge in [0.2, 0.25) is 5.91 Å². The van der Waals surface area contributed by atoms with E-state index in [-0.39, 0.29) is 18.0 Å². The number of aromatic nitrogens is 2. The summed E-state index contributed by atoms with van der Waals surface area (Å²) >= 11 is 0. The molecule has 2 heterocycles. The Bertz CT molecular complexity index is 1070. The summed E-state index contributed by atoms with van der Waals surface area (Å²) in [6, 6.07) is 15.9. The van der Waals surface area contributed by atoms with Crippen LogP contribution in [0.5, 0.6) is 0 Å². The molecule has 0 spiro atoms. The van der Waals surface area contributed by atoms with Crippen LogP contribution < -0.4 is 5.32 Å². The molecule has 33 heavy (non-hydrogen) atoms. The van der Waals surface area contributed by atoms with Gasteiger partial charge in [0.1, 0.15) is 0 Å². The summed E-state index contributed by atoms with van der Waals surface area (Å²) in [5.41, 5.74) is 3.07. The van der Waals surface area contributed by atoms with E-state index in [0.717, 1.165) is 42.9 Å².